The van der Waals surface area contributed by atoms with Gasteiger partial charge in [0.25, 0.3) is 0 Å². The van der Waals surface area contributed by atoms with Crippen LogP contribution in [0.15, 0.2) is 0 Å². The lowest BCUT2D eigenvalue weighted by molar-refractivity contribution is -0.0752. The summed E-state index contributed by atoms with van der Waals surface area (Å²) in [5, 5.41) is 10.4. The molecular formula is C20H38N2O4. The lowest BCUT2D eigenvalue weighted by Gasteiger charge is -2.38. The molecule has 1 aliphatic heterocycles. The fourth-order valence-corrected chi connectivity index (χ4v) is 4.22. The first-order valence-corrected chi connectivity index (χ1v) is 10.3. The summed E-state index contributed by atoms with van der Waals surface area (Å²) >= 11 is 0. The van der Waals surface area contributed by atoms with Crippen LogP contribution in [0, 0.1) is 17.8 Å². The first kappa shape index (κ1) is 21.5. The summed E-state index contributed by atoms with van der Waals surface area (Å²) in [5.41, 5.74) is 0. The van der Waals surface area contributed by atoms with Crippen LogP contribution in [0.25, 0.3) is 0 Å². The van der Waals surface area contributed by atoms with E-state index >= 15 is 0 Å². The normalized spacial score (nSPS) is 29.0. The Hall–Kier alpha value is -0.850. The Kier molecular flexibility index (Phi) is 8.64. The molecule has 26 heavy (non-hydrogen) atoms. The second kappa shape index (κ2) is 10.5. The van der Waals surface area contributed by atoms with Crippen LogP contribution < -0.4 is 0 Å². The molecule has 2 fully saturated rings. The van der Waals surface area contributed by atoms with E-state index in [1.807, 2.05) is 6.92 Å². The van der Waals surface area contributed by atoms with Gasteiger partial charge in [0.15, 0.2) is 0 Å². The molecule has 1 aliphatic carbocycles. The zero-order valence-corrected chi connectivity index (χ0v) is 17.0. The maximum Gasteiger partial charge on any atom is 0.409 e. The van der Waals surface area contributed by atoms with Crippen LogP contribution in [0.2, 0.25) is 0 Å². The highest BCUT2D eigenvalue weighted by atomic mass is 16.6. The predicted octanol–water partition coefficient (Wildman–Crippen LogP) is 2.60. The molecule has 2 aliphatic rings. The molecule has 1 saturated carbocycles. The Labute approximate surface area is 158 Å². The monoisotopic (exact) mass is 370 g/mol. The molecule has 6 nitrogen and oxygen atoms in total. The van der Waals surface area contributed by atoms with E-state index in [1.54, 1.807) is 4.90 Å². The van der Waals surface area contributed by atoms with Crippen LogP contribution in [0.4, 0.5) is 4.79 Å². The van der Waals surface area contributed by atoms with Crippen molar-refractivity contribution in [2.45, 2.75) is 59.2 Å². The van der Waals surface area contributed by atoms with E-state index in [9.17, 15) is 9.90 Å². The standard InChI is InChI=1S/C20H38N2O4/c1-5-25-20(24)22-10-8-21(9-11-22)13-17(23)14-26-19-12-16(4)6-7-18(19)15(2)3/h15-19,23H,5-14H2,1-4H3/t16-,17-,18-,19+/m1/s1. The number of amides is 1. The Morgan fingerprint density at radius 1 is 1.19 bits per heavy atom. The van der Waals surface area contributed by atoms with Crippen molar-refractivity contribution in [1.29, 1.82) is 0 Å². The molecule has 0 aromatic carbocycles. The average Bonchev–Trinajstić information content (AvgIpc) is 2.60. The summed E-state index contributed by atoms with van der Waals surface area (Å²) in [7, 11) is 0. The van der Waals surface area contributed by atoms with Crippen LogP contribution >= 0.6 is 0 Å². The van der Waals surface area contributed by atoms with Crippen LogP contribution in [0.5, 0.6) is 0 Å². The highest BCUT2D eigenvalue weighted by Crippen LogP contribution is 2.35. The molecular weight excluding hydrogens is 332 g/mol. The van der Waals surface area contributed by atoms with Gasteiger partial charge in [-0.2, -0.15) is 0 Å². The maximum absolute atomic E-state index is 11.7. The quantitative estimate of drug-likeness (QED) is 0.746. The Morgan fingerprint density at radius 3 is 2.50 bits per heavy atom. The van der Waals surface area contributed by atoms with Crippen LogP contribution in [0.1, 0.15) is 47.0 Å². The molecule has 1 saturated heterocycles. The highest BCUT2D eigenvalue weighted by molar-refractivity contribution is 5.67. The van der Waals surface area contributed by atoms with Crippen LogP contribution in [-0.4, -0.2) is 79.1 Å². The van der Waals surface area contributed by atoms with E-state index in [0.29, 0.717) is 50.6 Å². The predicted molar refractivity (Wildman–Crippen MR) is 102 cm³/mol. The van der Waals surface area contributed by atoms with Crippen molar-refractivity contribution >= 4 is 6.09 Å². The third-order valence-corrected chi connectivity index (χ3v) is 5.83. The summed E-state index contributed by atoms with van der Waals surface area (Å²) in [4.78, 5) is 15.7. The number of piperazine rings is 1. The second-order valence-electron chi connectivity index (χ2n) is 8.34. The minimum atomic E-state index is -0.478. The van der Waals surface area contributed by atoms with Gasteiger partial charge >= 0.3 is 6.09 Å². The largest absolute Gasteiger partial charge is 0.450 e. The van der Waals surface area contributed by atoms with Crippen molar-refractivity contribution in [3.63, 3.8) is 0 Å². The number of β-amino-alcohol motifs (C(OH)–C–C–N with tert-alkyl or cyclic N) is 1. The van der Waals surface area contributed by atoms with Crippen molar-refractivity contribution in [1.82, 2.24) is 9.80 Å². The van der Waals surface area contributed by atoms with E-state index < -0.39 is 6.10 Å². The SMILES string of the molecule is CCOC(=O)N1CCN(C[C@@H](O)CO[C@H]2C[C@H](C)CC[C@@H]2C(C)C)CC1. The Morgan fingerprint density at radius 2 is 1.88 bits per heavy atom. The summed E-state index contributed by atoms with van der Waals surface area (Å²) in [5.74, 6) is 1.94. The molecule has 0 aromatic rings. The molecule has 1 N–H and O–H groups in total. The number of ether oxygens (including phenoxy) is 2. The molecule has 152 valence electrons. The average molecular weight is 371 g/mol. The fourth-order valence-electron chi connectivity index (χ4n) is 4.22. The number of rotatable bonds is 7. The molecule has 0 bridgehead atoms. The van der Waals surface area contributed by atoms with Crippen molar-refractivity contribution in [2.24, 2.45) is 17.8 Å². The fraction of sp³-hybridized carbons (Fsp3) is 0.950. The number of hydrogen-bond donors (Lipinski definition) is 1. The summed E-state index contributed by atoms with van der Waals surface area (Å²) in [6.07, 6.45) is 3.18. The molecule has 6 heteroatoms. The van der Waals surface area contributed by atoms with Crippen LogP contribution in [0.3, 0.4) is 0 Å². The number of aliphatic hydroxyl groups excluding tert-OH is 1. The highest BCUT2D eigenvalue weighted by Gasteiger charge is 2.32. The lowest BCUT2D eigenvalue weighted by Crippen LogP contribution is -2.51. The van der Waals surface area contributed by atoms with Gasteiger partial charge < -0.3 is 19.5 Å². The first-order chi connectivity index (χ1) is 12.4. The van der Waals surface area contributed by atoms with Crippen molar-refractivity contribution in [3.05, 3.63) is 0 Å². The molecule has 0 spiro atoms. The van der Waals surface area contributed by atoms with Gasteiger partial charge in [0.05, 0.1) is 25.4 Å². The third kappa shape index (κ3) is 6.39. The minimum absolute atomic E-state index is 0.234. The molecule has 1 amide bonds. The van der Waals surface area contributed by atoms with Crippen LogP contribution in [-0.2, 0) is 9.47 Å². The maximum atomic E-state index is 11.7. The first-order valence-electron chi connectivity index (χ1n) is 10.3. The zero-order valence-electron chi connectivity index (χ0n) is 17.0. The molecule has 2 rings (SSSR count). The van der Waals surface area contributed by atoms with E-state index in [0.717, 1.165) is 19.5 Å². The summed E-state index contributed by atoms with van der Waals surface area (Å²) < 4.78 is 11.2. The minimum Gasteiger partial charge on any atom is -0.450 e. The van der Waals surface area contributed by atoms with E-state index in [2.05, 4.69) is 25.7 Å². The number of hydrogen-bond acceptors (Lipinski definition) is 5. The summed E-state index contributed by atoms with van der Waals surface area (Å²) in [6.45, 7) is 12.9. The smallest absolute Gasteiger partial charge is 0.409 e. The van der Waals surface area contributed by atoms with Gasteiger partial charge in [-0.05, 0) is 37.5 Å². The van der Waals surface area contributed by atoms with E-state index in [1.165, 1.54) is 12.8 Å². The van der Waals surface area contributed by atoms with Gasteiger partial charge in [0, 0.05) is 32.7 Å². The summed E-state index contributed by atoms with van der Waals surface area (Å²) in [6, 6.07) is 0. The van der Waals surface area contributed by atoms with E-state index in [4.69, 9.17) is 9.47 Å². The molecule has 0 unspecified atom stereocenters. The van der Waals surface area contributed by atoms with Crippen molar-refractivity contribution < 1.29 is 19.4 Å². The van der Waals surface area contributed by atoms with Gasteiger partial charge in [0.1, 0.15) is 0 Å². The third-order valence-electron chi connectivity index (χ3n) is 5.83. The van der Waals surface area contributed by atoms with Gasteiger partial charge in [-0.15, -0.1) is 0 Å². The Bertz CT molecular complexity index is 424. The molecule has 0 aromatic heterocycles. The number of nitrogens with zero attached hydrogens (tertiary/aromatic N) is 2. The number of carbonyl (C=O) groups is 1. The zero-order chi connectivity index (χ0) is 19.1. The number of carbonyl (C=O) groups excluding carboxylic acids is 1. The lowest BCUT2D eigenvalue weighted by atomic mass is 9.75. The van der Waals surface area contributed by atoms with Gasteiger partial charge in [-0.3, -0.25) is 4.90 Å². The molecule has 1 heterocycles. The van der Waals surface area contributed by atoms with E-state index in [-0.39, 0.29) is 12.2 Å². The topological polar surface area (TPSA) is 62.2 Å². The van der Waals surface area contributed by atoms with Gasteiger partial charge in [0.2, 0.25) is 0 Å². The number of aliphatic hydroxyl groups is 1. The van der Waals surface area contributed by atoms with Crippen molar-refractivity contribution in [2.75, 3.05) is 45.9 Å². The van der Waals surface area contributed by atoms with Gasteiger partial charge in [-0.25, -0.2) is 4.79 Å². The molecule has 4 atom stereocenters. The Balaban J connectivity index is 1.70. The van der Waals surface area contributed by atoms with Crippen molar-refractivity contribution in [3.8, 4) is 0 Å². The molecule has 0 radical (unpaired) electrons. The van der Waals surface area contributed by atoms with Gasteiger partial charge in [-0.1, -0.05) is 27.2 Å². The second-order valence-corrected chi connectivity index (χ2v) is 8.34.